The van der Waals surface area contributed by atoms with Gasteiger partial charge in [0.15, 0.2) is 0 Å². The normalized spacial score (nSPS) is 22.4. The Morgan fingerprint density at radius 2 is 1.80 bits per heavy atom. The predicted octanol–water partition coefficient (Wildman–Crippen LogP) is 4.92. The number of esters is 1. The zero-order chi connectivity index (χ0) is 32.7. The highest BCUT2D eigenvalue weighted by atomic mass is 19.1. The Morgan fingerprint density at radius 3 is 2.42 bits per heavy atom. The molecule has 2 saturated heterocycles. The molecular weight excluding hydrogens is 582 g/mol. The van der Waals surface area contributed by atoms with E-state index in [1.165, 1.54) is 17.0 Å². The largest absolute Gasteiger partial charge is 0.497 e. The van der Waals surface area contributed by atoms with Crippen molar-refractivity contribution in [2.75, 3.05) is 26.8 Å². The van der Waals surface area contributed by atoms with Crippen molar-refractivity contribution >= 4 is 11.9 Å². The van der Waals surface area contributed by atoms with E-state index >= 15 is 0 Å². The maximum atomic E-state index is 14.2. The fourth-order valence-electron chi connectivity index (χ4n) is 6.47. The maximum absolute atomic E-state index is 14.2. The number of halogens is 2. The number of hydrogen-bond acceptors (Lipinski definition) is 7. The van der Waals surface area contributed by atoms with E-state index in [-0.39, 0.29) is 29.9 Å². The van der Waals surface area contributed by atoms with Crippen molar-refractivity contribution < 1.29 is 37.7 Å². The number of nitrogens with zero attached hydrogens (tertiary/aromatic N) is 2. The van der Waals surface area contributed by atoms with Gasteiger partial charge in [-0.05, 0) is 67.5 Å². The van der Waals surface area contributed by atoms with Gasteiger partial charge in [-0.15, -0.1) is 6.58 Å². The minimum absolute atomic E-state index is 0.0823. The number of aliphatic hydroxyl groups is 1. The summed E-state index contributed by atoms with van der Waals surface area (Å²) in [5.74, 6) is -1.36. The lowest BCUT2D eigenvalue weighted by Gasteiger charge is -2.34. The fraction of sp³-hybridized carbons (Fsp3) is 0.543. The van der Waals surface area contributed by atoms with Crippen molar-refractivity contribution in [2.24, 2.45) is 11.8 Å². The summed E-state index contributed by atoms with van der Waals surface area (Å²) in [6.07, 6.45) is 0.785. The van der Waals surface area contributed by atoms with Crippen LogP contribution in [0.3, 0.4) is 0 Å². The Bertz CT molecular complexity index is 1290. The number of carbonyl (C=O) groups excluding carboxylic acids is 2. The van der Waals surface area contributed by atoms with E-state index in [9.17, 15) is 23.5 Å². The summed E-state index contributed by atoms with van der Waals surface area (Å²) in [5, 5.41) is 11.9. The number of carbonyl (C=O) groups is 2. The molecule has 10 heteroatoms. The average molecular weight is 629 g/mol. The van der Waals surface area contributed by atoms with Gasteiger partial charge in [0.1, 0.15) is 35.6 Å². The van der Waals surface area contributed by atoms with E-state index in [2.05, 4.69) is 25.3 Å². The number of ether oxygens (including phenoxy) is 3. The second-order valence-corrected chi connectivity index (χ2v) is 12.6. The molecule has 2 fully saturated rings. The number of methoxy groups -OCH3 is 1. The van der Waals surface area contributed by atoms with Gasteiger partial charge in [-0.2, -0.15) is 0 Å². The van der Waals surface area contributed by atoms with Crippen molar-refractivity contribution in [1.29, 1.82) is 0 Å². The molecule has 2 aromatic carbocycles. The number of benzene rings is 2. The summed E-state index contributed by atoms with van der Waals surface area (Å²) in [6, 6.07) is 9.32. The first-order valence-electron chi connectivity index (χ1n) is 15.7. The number of hydrogen-bond donors (Lipinski definition) is 1. The number of aliphatic hydroxyl groups excluding tert-OH is 1. The fourth-order valence-corrected chi connectivity index (χ4v) is 6.47. The van der Waals surface area contributed by atoms with Crippen LogP contribution in [0.2, 0.25) is 0 Å². The Labute approximate surface area is 264 Å². The van der Waals surface area contributed by atoms with Gasteiger partial charge in [-0.3, -0.25) is 9.69 Å². The van der Waals surface area contributed by atoms with Crippen LogP contribution in [0.5, 0.6) is 5.75 Å². The molecule has 0 bridgehead atoms. The minimum Gasteiger partial charge on any atom is -0.497 e. The number of rotatable bonds is 15. The Morgan fingerprint density at radius 1 is 1.11 bits per heavy atom. The van der Waals surface area contributed by atoms with Gasteiger partial charge in [0.05, 0.1) is 19.8 Å². The molecule has 8 nitrogen and oxygen atoms in total. The van der Waals surface area contributed by atoms with Gasteiger partial charge >= 0.3 is 5.97 Å². The predicted molar refractivity (Wildman–Crippen MR) is 166 cm³/mol. The first kappa shape index (κ1) is 34.5. The summed E-state index contributed by atoms with van der Waals surface area (Å²) in [7, 11) is 1.60. The standard InChI is InChI=1S/C35H46F2N2O6/c1-6-13-44-30-19-31(38(21-30)20-24-7-9-29(43-5)10-8-24)33(40)32(17-25-15-27(36)18-28(37)16-25)45-35(42)23(4)39-12-11-26(34(39)41)14-22(2)3/h6-10,15-16,18,22-23,26,30-33,40H,1,11-14,17,19-21H2,2-5H3/t23?,26-,30-,31-,32+,33+/m1/s1. The molecule has 2 heterocycles. The third-order valence-corrected chi connectivity index (χ3v) is 8.72. The van der Waals surface area contributed by atoms with Gasteiger partial charge in [0.2, 0.25) is 5.91 Å². The highest BCUT2D eigenvalue weighted by molar-refractivity contribution is 5.87. The minimum atomic E-state index is -1.23. The Hall–Kier alpha value is -3.34. The highest BCUT2D eigenvalue weighted by Gasteiger charge is 2.43. The summed E-state index contributed by atoms with van der Waals surface area (Å²) in [4.78, 5) is 30.3. The van der Waals surface area contributed by atoms with E-state index in [0.717, 1.165) is 23.8 Å². The van der Waals surface area contributed by atoms with Crippen LogP contribution in [0.15, 0.2) is 55.1 Å². The smallest absolute Gasteiger partial charge is 0.328 e. The molecule has 0 radical (unpaired) electrons. The van der Waals surface area contributed by atoms with Gasteiger partial charge in [-0.25, -0.2) is 13.6 Å². The second-order valence-electron chi connectivity index (χ2n) is 12.6. The van der Waals surface area contributed by atoms with Crippen LogP contribution in [-0.2, 0) is 32.0 Å². The zero-order valence-electron chi connectivity index (χ0n) is 26.7. The van der Waals surface area contributed by atoms with Gasteiger partial charge < -0.3 is 24.2 Å². The van der Waals surface area contributed by atoms with Crippen molar-refractivity contribution in [1.82, 2.24) is 9.80 Å². The summed E-state index contributed by atoms with van der Waals surface area (Å²) < 4.78 is 45.6. The zero-order valence-corrected chi connectivity index (χ0v) is 26.7. The third kappa shape index (κ3) is 9.11. The van der Waals surface area contributed by atoms with Crippen LogP contribution in [0.25, 0.3) is 0 Å². The third-order valence-electron chi connectivity index (χ3n) is 8.72. The van der Waals surface area contributed by atoms with Gasteiger partial charge in [0, 0.05) is 44.1 Å². The van der Waals surface area contributed by atoms with Crippen molar-refractivity contribution in [3.05, 3.63) is 77.9 Å². The van der Waals surface area contributed by atoms with Crippen LogP contribution >= 0.6 is 0 Å². The molecule has 246 valence electrons. The van der Waals surface area contributed by atoms with Crippen LogP contribution < -0.4 is 4.74 Å². The molecule has 0 spiro atoms. The molecule has 0 aromatic heterocycles. The van der Waals surface area contributed by atoms with E-state index in [0.29, 0.717) is 45.0 Å². The molecule has 6 atom stereocenters. The summed E-state index contributed by atoms with van der Waals surface area (Å²) >= 11 is 0. The van der Waals surface area contributed by atoms with Crippen LogP contribution in [0.4, 0.5) is 8.78 Å². The summed E-state index contributed by atoms with van der Waals surface area (Å²) in [6.45, 7) is 11.2. The number of likely N-dealkylation sites (tertiary alicyclic amines) is 2. The average Bonchev–Trinajstić information content (AvgIpc) is 3.56. The van der Waals surface area contributed by atoms with Crippen LogP contribution in [0, 0.1) is 23.5 Å². The molecule has 0 saturated carbocycles. The molecule has 0 aliphatic carbocycles. The SMILES string of the molecule is C=CCO[C@@H]1C[C@H]([C@H](O)[C@H](Cc2cc(F)cc(F)c2)OC(=O)C(C)N2CC[C@H](CC(C)C)C2=O)N(Cc2ccc(OC)cc2)C1. The summed E-state index contributed by atoms with van der Waals surface area (Å²) in [5.41, 5.74) is 1.22. The number of amides is 1. The lowest BCUT2D eigenvalue weighted by Crippen LogP contribution is -2.50. The van der Waals surface area contributed by atoms with Gasteiger partial charge in [0.25, 0.3) is 0 Å². The van der Waals surface area contributed by atoms with E-state index < -0.39 is 41.9 Å². The first-order valence-corrected chi connectivity index (χ1v) is 15.7. The lowest BCUT2D eigenvalue weighted by molar-refractivity contribution is -0.165. The van der Waals surface area contributed by atoms with Crippen molar-refractivity contribution in [2.45, 2.75) is 83.4 Å². The second kappa shape index (κ2) is 15.8. The van der Waals surface area contributed by atoms with Gasteiger partial charge in [-0.1, -0.05) is 32.1 Å². The molecule has 2 aliphatic rings. The van der Waals surface area contributed by atoms with Crippen molar-refractivity contribution in [3.8, 4) is 5.75 Å². The highest BCUT2D eigenvalue weighted by Crippen LogP contribution is 2.30. The molecular formula is C35H46F2N2O6. The van der Waals surface area contributed by atoms with Crippen molar-refractivity contribution in [3.63, 3.8) is 0 Å². The van der Waals surface area contributed by atoms with E-state index in [4.69, 9.17) is 14.2 Å². The van der Waals surface area contributed by atoms with Crippen LogP contribution in [-0.4, -0.2) is 84.0 Å². The molecule has 1 N–H and O–H groups in total. The molecule has 45 heavy (non-hydrogen) atoms. The first-order chi connectivity index (χ1) is 21.5. The monoisotopic (exact) mass is 628 g/mol. The Balaban J connectivity index is 1.57. The topological polar surface area (TPSA) is 88.5 Å². The lowest BCUT2D eigenvalue weighted by atomic mass is 9.96. The van der Waals surface area contributed by atoms with Crippen LogP contribution in [0.1, 0.15) is 51.2 Å². The molecule has 1 unspecified atom stereocenters. The molecule has 4 rings (SSSR count). The van der Waals surface area contributed by atoms with E-state index in [1.807, 2.05) is 24.3 Å². The molecule has 2 aliphatic heterocycles. The molecule has 1 amide bonds. The quantitative estimate of drug-likeness (QED) is 0.221. The van der Waals surface area contributed by atoms with E-state index in [1.54, 1.807) is 20.1 Å². The Kier molecular flexibility index (Phi) is 12.1. The molecule has 2 aromatic rings. The maximum Gasteiger partial charge on any atom is 0.328 e.